The molecule has 0 saturated carbocycles. The van der Waals surface area contributed by atoms with E-state index in [0.717, 1.165) is 22.4 Å². The Morgan fingerprint density at radius 1 is 1.12 bits per heavy atom. The number of ether oxygens (including phenoxy) is 3. The monoisotopic (exact) mass is 621 g/mol. The Labute approximate surface area is 246 Å². The average molecular weight is 623 g/mol. The summed E-state index contributed by atoms with van der Waals surface area (Å²) in [4.78, 5) is 29.9. The molecular formula is C31H32BrN3O6. The van der Waals surface area contributed by atoms with Gasteiger partial charge in [-0.2, -0.15) is 9.78 Å². The van der Waals surface area contributed by atoms with Gasteiger partial charge >= 0.3 is 5.97 Å². The van der Waals surface area contributed by atoms with Crippen LogP contribution in [0.4, 0.5) is 0 Å². The van der Waals surface area contributed by atoms with E-state index in [-0.39, 0.29) is 17.2 Å². The third-order valence-corrected chi connectivity index (χ3v) is 7.21. The van der Waals surface area contributed by atoms with E-state index in [1.54, 1.807) is 30.3 Å². The van der Waals surface area contributed by atoms with Gasteiger partial charge in [-0.05, 0) is 90.1 Å². The molecule has 10 heteroatoms. The van der Waals surface area contributed by atoms with Gasteiger partial charge in [0.05, 0.1) is 30.8 Å². The molecule has 0 fully saturated rings. The van der Waals surface area contributed by atoms with Crippen LogP contribution in [0.2, 0.25) is 0 Å². The molecule has 3 aromatic carbocycles. The molecule has 0 amide bonds. The Hall–Kier alpha value is -4.18. The molecule has 1 heterocycles. The summed E-state index contributed by atoms with van der Waals surface area (Å²) in [5.74, 6) is 0.838. The topological polar surface area (TPSA) is 112 Å². The molecule has 1 atom stereocenters. The second-order valence-electron chi connectivity index (χ2n) is 9.73. The number of para-hydroxylation sites is 1. The molecule has 1 N–H and O–H groups in total. The van der Waals surface area contributed by atoms with Gasteiger partial charge in [-0.25, -0.2) is 9.78 Å². The van der Waals surface area contributed by atoms with Gasteiger partial charge in [-0.15, -0.1) is 0 Å². The van der Waals surface area contributed by atoms with Crippen molar-refractivity contribution < 1.29 is 24.1 Å². The van der Waals surface area contributed by atoms with Crippen LogP contribution in [-0.2, 0) is 4.79 Å². The molecule has 0 radical (unpaired) electrons. The van der Waals surface area contributed by atoms with E-state index in [9.17, 15) is 14.7 Å². The highest BCUT2D eigenvalue weighted by Crippen LogP contribution is 2.35. The number of carboxylic acids is 1. The minimum Gasteiger partial charge on any atom is -0.494 e. The molecule has 0 aliphatic rings. The second-order valence-corrected chi connectivity index (χ2v) is 10.6. The minimum absolute atomic E-state index is 0.174. The zero-order valence-corrected chi connectivity index (χ0v) is 25.4. The highest BCUT2D eigenvalue weighted by molar-refractivity contribution is 9.10. The first-order chi connectivity index (χ1) is 19.5. The van der Waals surface area contributed by atoms with Gasteiger partial charge in [0.25, 0.3) is 5.56 Å². The average Bonchev–Trinajstić information content (AvgIpc) is 2.93. The molecule has 1 aromatic heterocycles. The van der Waals surface area contributed by atoms with Crippen molar-refractivity contribution in [1.82, 2.24) is 9.66 Å². The maximum Gasteiger partial charge on any atom is 0.344 e. The van der Waals surface area contributed by atoms with Crippen LogP contribution in [0.15, 0.2) is 62.9 Å². The number of hydrogen-bond acceptors (Lipinski definition) is 7. The van der Waals surface area contributed by atoms with Crippen molar-refractivity contribution in [3.05, 3.63) is 80.0 Å². The summed E-state index contributed by atoms with van der Waals surface area (Å²) < 4.78 is 18.7. The molecule has 9 nitrogen and oxygen atoms in total. The zero-order valence-electron chi connectivity index (χ0n) is 23.8. The van der Waals surface area contributed by atoms with Gasteiger partial charge in [-0.1, -0.05) is 26.0 Å². The number of hydrogen-bond donors (Lipinski definition) is 1. The van der Waals surface area contributed by atoms with Crippen LogP contribution in [0.1, 0.15) is 50.3 Å². The van der Waals surface area contributed by atoms with Crippen LogP contribution in [0.3, 0.4) is 0 Å². The number of carboxylic acid groups (broad SMARTS) is 1. The summed E-state index contributed by atoms with van der Waals surface area (Å²) in [5.41, 5.74) is 3.48. The maximum absolute atomic E-state index is 13.8. The van der Waals surface area contributed by atoms with E-state index in [1.165, 1.54) is 24.9 Å². The SMILES string of the molecule is CCOc1cc(C)c(-c2nc3ccccc3c(=O)n2N=Cc2cc(OC)c(O[C@H](C)C(=O)O)cc2Br)cc1C(C)C. The smallest absolute Gasteiger partial charge is 0.344 e. The Kier molecular flexibility index (Phi) is 9.12. The predicted octanol–water partition coefficient (Wildman–Crippen LogP) is 6.40. The first kappa shape index (κ1) is 29.8. The van der Waals surface area contributed by atoms with Crippen molar-refractivity contribution in [2.24, 2.45) is 5.10 Å². The van der Waals surface area contributed by atoms with Crippen LogP contribution in [0, 0.1) is 6.92 Å². The largest absolute Gasteiger partial charge is 0.494 e. The quantitative estimate of drug-likeness (QED) is 0.204. The van der Waals surface area contributed by atoms with Crippen molar-refractivity contribution in [2.75, 3.05) is 13.7 Å². The lowest BCUT2D eigenvalue weighted by atomic mass is 9.96. The molecular weight excluding hydrogens is 590 g/mol. The number of benzene rings is 3. The van der Waals surface area contributed by atoms with Crippen LogP contribution >= 0.6 is 15.9 Å². The number of nitrogens with zero attached hydrogens (tertiary/aromatic N) is 3. The van der Waals surface area contributed by atoms with Gasteiger partial charge in [0.2, 0.25) is 0 Å². The van der Waals surface area contributed by atoms with Crippen molar-refractivity contribution in [3.8, 4) is 28.6 Å². The number of fused-ring (bicyclic) bond motifs is 1. The Balaban J connectivity index is 1.90. The van der Waals surface area contributed by atoms with E-state index in [4.69, 9.17) is 19.2 Å². The summed E-state index contributed by atoms with van der Waals surface area (Å²) >= 11 is 3.50. The Morgan fingerprint density at radius 2 is 1.85 bits per heavy atom. The van der Waals surface area contributed by atoms with Crippen molar-refractivity contribution >= 4 is 39.0 Å². The Morgan fingerprint density at radius 3 is 2.51 bits per heavy atom. The number of halogens is 1. The van der Waals surface area contributed by atoms with Crippen molar-refractivity contribution in [1.29, 1.82) is 0 Å². The highest BCUT2D eigenvalue weighted by atomic mass is 79.9. The lowest BCUT2D eigenvalue weighted by Crippen LogP contribution is -2.23. The maximum atomic E-state index is 13.8. The number of aromatic nitrogens is 2. The molecule has 0 aliphatic carbocycles. The summed E-state index contributed by atoms with van der Waals surface area (Å²) in [7, 11) is 1.46. The van der Waals surface area contributed by atoms with Gasteiger partial charge in [0, 0.05) is 15.6 Å². The molecule has 0 unspecified atom stereocenters. The molecule has 4 aromatic rings. The van der Waals surface area contributed by atoms with Gasteiger partial charge in [-0.3, -0.25) is 4.79 Å². The standard InChI is InChI=1S/C31H32BrN3O6/c1-7-40-26-12-18(4)23(14-22(26)17(2)3)29-34-25-11-9-8-10-21(25)30(36)35(29)33-16-20-13-27(39-6)28(15-24(20)32)41-19(5)31(37)38/h8-17,19H,7H2,1-6H3,(H,37,38)/t19-/m1/s1. The van der Waals surface area contributed by atoms with Crippen LogP contribution < -0.4 is 19.8 Å². The fourth-order valence-electron chi connectivity index (χ4n) is 4.34. The summed E-state index contributed by atoms with van der Waals surface area (Å²) in [5, 5.41) is 14.3. The fraction of sp³-hybridized carbons (Fsp3) is 0.290. The molecule has 0 aliphatic heterocycles. The predicted molar refractivity (Wildman–Crippen MR) is 163 cm³/mol. The number of rotatable bonds is 10. The summed E-state index contributed by atoms with van der Waals surface area (Å²) in [6.45, 7) is 10.0. The minimum atomic E-state index is -1.10. The normalized spacial score (nSPS) is 12.2. The number of carbonyl (C=O) groups is 1. The number of aliphatic carboxylic acids is 1. The lowest BCUT2D eigenvalue weighted by Gasteiger charge is -2.18. The second kappa shape index (κ2) is 12.6. The van der Waals surface area contributed by atoms with E-state index in [1.807, 2.05) is 32.0 Å². The summed E-state index contributed by atoms with van der Waals surface area (Å²) in [6, 6.07) is 14.4. The van der Waals surface area contributed by atoms with Crippen molar-refractivity contribution in [3.63, 3.8) is 0 Å². The Bertz CT molecular complexity index is 1700. The molecule has 0 saturated heterocycles. The van der Waals surface area contributed by atoms with Gasteiger partial charge in [0.1, 0.15) is 5.75 Å². The molecule has 41 heavy (non-hydrogen) atoms. The molecule has 4 rings (SSSR count). The van der Waals surface area contributed by atoms with Crippen LogP contribution in [0.25, 0.3) is 22.3 Å². The molecule has 0 spiro atoms. The number of aryl methyl sites for hydroxylation is 1. The van der Waals surface area contributed by atoms with E-state index < -0.39 is 12.1 Å². The molecule has 214 valence electrons. The third-order valence-electron chi connectivity index (χ3n) is 6.52. The molecule has 0 bridgehead atoms. The van der Waals surface area contributed by atoms with Gasteiger partial charge in [0.15, 0.2) is 23.4 Å². The third kappa shape index (κ3) is 6.27. The van der Waals surface area contributed by atoms with Crippen molar-refractivity contribution in [2.45, 2.75) is 46.6 Å². The first-order valence-electron chi connectivity index (χ1n) is 13.2. The van der Waals surface area contributed by atoms with E-state index in [0.29, 0.717) is 39.1 Å². The fourth-order valence-corrected chi connectivity index (χ4v) is 4.76. The number of methoxy groups -OCH3 is 1. The lowest BCUT2D eigenvalue weighted by molar-refractivity contribution is -0.144. The van der Waals surface area contributed by atoms with Crippen LogP contribution in [-0.4, -0.2) is 46.8 Å². The van der Waals surface area contributed by atoms with E-state index in [2.05, 4.69) is 34.9 Å². The van der Waals surface area contributed by atoms with Gasteiger partial charge < -0.3 is 19.3 Å². The van der Waals surface area contributed by atoms with E-state index >= 15 is 0 Å². The first-order valence-corrected chi connectivity index (χ1v) is 14.0. The summed E-state index contributed by atoms with van der Waals surface area (Å²) in [6.07, 6.45) is 0.444. The zero-order chi connectivity index (χ0) is 29.8. The highest BCUT2D eigenvalue weighted by Gasteiger charge is 2.20. The van der Waals surface area contributed by atoms with Crippen LogP contribution in [0.5, 0.6) is 17.2 Å².